The molecule has 1 aromatic carbocycles. The van der Waals surface area contributed by atoms with Crippen molar-refractivity contribution in [1.29, 1.82) is 0 Å². The second-order valence-electron chi connectivity index (χ2n) is 4.92. The van der Waals surface area contributed by atoms with Gasteiger partial charge in [-0.3, -0.25) is 9.69 Å². The Morgan fingerprint density at radius 3 is 2.67 bits per heavy atom. The molecule has 21 heavy (non-hydrogen) atoms. The van der Waals surface area contributed by atoms with Crippen LogP contribution < -0.4 is 4.90 Å². The van der Waals surface area contributed by atoms with Gasteiger partial charge in [-0.25, -0.2) is 14.3 Å². The molecule has 0 N–H and O–H groups in total. The lowest BCUT2D eigenvalue weighted by atomic mass is 10.1. The van der Waals surface area contributed by atoms with Gasteiger partial charge < -0.3 is 0 Å². The number of nitrogens with zero attached hydrogens (tertiary/aromatic N) is 3. The van der Waals surface area contributed by atoms with Gasteiger partial charge >= 0.3 is 0 Å². The van der Waals surface area contributed by atoms with Crippen LogP contribution in [0.3, 0.4) is 0 Å². The Hall–Kier alpha value is -2.50. The highest BCUT2D eigenvalue weighted by atomic mass is 19.1. The third-order valence-corrected chi connectivity index (χ3v) is 3.51. The minimum atomic E-state index is -0.727. The predicted molar refractivity (Wildman–Crippen MR) is 75.8 cm³/mol. The molecule has 0 unspecified atom stereocenters. The summed E-state index contributed by atoms with van der Waals surface area (Å²) in [5.41, 5.74) is 1.70. The zero-order valence-electron chi connectivity index (χ0n) is 11.6. The lowest BCUT2D eigenvalue weighted by Crippen LogP contribution is -2.49. The van der Waals surface area contributed by atoms with Crippen molar-refractivity contribution in [2.75, 3.05) is 11.4 Å². The van der Waals surface area contributed by atoms with E-state index in [1.807, 2.05) is 6.92 Å². The van der Waals surface area contributed by atoms with Crippen molar-refractivity contribution in [3.8, 4) is 0 Å². The first-order valence-corrected chi connectivity index (χ1v) is 6.47. The lowest BCUT2D eigenvalue weighted by Gasteiger charge is -2.34. The normalized spacial score (nSPS) is 17.6. The molecule has 0 bridgehead atoms. The van der Waals surface area contributed by atoms with Gasteiger partial charge in [0.15, 0.2) is 0 Å². The summed E-state index contributed by atoms with van der Waals surface area (Å²) in [6, 6.07) is 2.93. The highest BCUT2D eigenvalue weighted by molar-refractivity contribution is 6.22. The van der Waals surface area contributed by atoms with E-state index >= 15 is 0 Å². The van der Waals surface area contributed by atoms with Gasteiger partial charge in [0.1, 0.15) is 5.82 Å². The minimum Gasteiger partial charge on any atom is -0.269 e. The van der Waals surface area contributed by atoms with E-state index in [0.717, 1.165) is 27.0 Å². The van der Waals surface area contributed by atoms with Crippen LogP contribution in [0.25, 0.3) is 0 Å². The Bertz CT molecular complexity index is 722. The van der Waals surface area contributed by atoms with Crippen LogP contribution in [-0.2, 0) is 4.79 Å². The average molecular weight is 289 g/mol. The maximum Gasteiger partial charge on any atom is 0.262 e. The second kappa shape index (κ2) is 4.80. The highest BCUT2D eigenvalue weighted by Gasteiger charge is 2.34. The summed E-state index contributed by atoms with van der Waals surface area (Å²) in [6.07, 6.45) is 3.96. The van der Waals surface area contributed by atoms with Crippen molar-refractivity contribution < 1.29 is 13.6 Å². The predicted octanol–water partition coefficient (Wildman–Crippen LogP) is 2.79. The molecule has 2 aliphatic rings. The van der Waals surface area contributed by atoms with Crippen LogP contribution in [0.1, 0.15) is 11.1 Å². The molecule has 108 valence electrons. The summed E-state index contributed by atoms with van der Waals surface area (Å²) in [7, 11) is 0. The smallest absolute Gasteiger partial charge is 0.262 e. The Kier molecular flexibility index (Phi) is 3.08. The number of anilines is 1. The zero-order chi connectivity index (χ0) is 15.1. The number of hydrogen-bond donors (Lipinski definition) is 0. The molecule has 0 aromatic heterocycles. The van der Waals surface area contributed by atoms with E-state index in [1.165, 1.54) is 12.3 Å². The number of halogens is 2. The van der Waals surface area contributed by atoms with Crippen molar-refractivity contribution in [3.63, 3.8) is 0 Å². The number of amides is 1. The molecule has 2 aliphatic heterocycles. The van der Waals surface area contributed by atoms with E-state index in [9.17, 15) is 13.6 Å². The lowest BCUT2D eigenvalue weighted by molar-refractivity contribution is -0.113. The largest absolute Gasteiger partial charge is 0.269 e. The van der Waals surface area contributed by atoms with E-state index in [-0.39, 0.29) is 11.6 Å². The maximum absolute atomic E-state index is 14.2. The number of carbonyl (C=O) groups excluding carboxylic acids is 1. The van der Waals surface area contributed by atoms with Crippen molar-refractivity contribution in [3.05, 3.63) is 53.4 Å². The molecule has 0 saturated carbocycles. The summed E-state index contributed by atoms with van der Waals surface area (Å²) in [6.45, 7) is 3.92. The molecule has 3 rings (SSSR count). The Morgan fingerprint density at radius 2 is 1.90 bits per heavy atom. The van der Waals surface area contributed by atoms with Gasteiger partial charge in [0.2, 0.25) is 11.9 Å². The number of fused-ring (bicyclic) bond motifs is 1. The van der Waals surface area contributed by atoms with E-state index in [0.29, 0.717) is 6.54 Å². The summed E-state index contributed by atoms with van der Waals surface area (Å²) >= 11 is 0. The number of aryl methyl sites for hydroxylation is 2. The van der Waals surface area contributed by atoms with Gasteiger partial charge in [-0.2, -0.15) is 4.39 Å². The van der Waals surface area contributed by atoms with Gasteiger partial charge in [-0.1, -0.05) is 0 Å². The summed E-state index contributed by atoms with van der Waals surface area (Å²) in [4.78, 5) is 18.5. The number of carbonyl (C=O) groups is 1. The van der Waals surface area contributed by atoms with Crippen molar-refractivity contribution >= 4 is 17.6 Å². The Balaban J connectivity index is 2.16. The van der Waals surface area contributed by atoms with Crippen LogP contribution in [0.4, 0.5) is 14.5 Å². The standard InChI is InChI=1S/C15H13F2N3O/c1-9-6-11(16)12(7-10(9)2)20-14(21)8-13(17)19-5-3-4-18-15(19)20/h3,5-8H,4H2,1-2H3. The van der Waals surface area contributed by atoms with Crippen LogP contribution in [0, 0.1) is 19.7 Å². The third kappa shape index (κ3) is 2.12. The number of benzene rings is 1. The first-order chi connectivity index (χ1) is 9.99. The Morgan fingerprint density at radius 1 is 1.19 bits per heavy atom. The minimum absolute atomic E-state index is 0.0738. The third-order valence-electron chi connectivity index (χ3n) is 3.51. The van der Waals surface area contributed by atoms with Crippen LogP contribution in [0.2, 0.25) is 0 Å². The fourth-order valence-electron chi connectivity index (χ4n) is 2.27. The number of rotatable bonds is 1. The summed E-state index contributed by atoms with van der Waals surface area (Å²) in [5, 5.41) is 0. The van der Waals surface area contributed by atoms with E-state index < -0.39 is 17.7 Å². The molecule has 1 aromatic rings. The van der Waals surface area contributed by atoms with Crippen LogP contribution >= 0.6 is 0 Å². The molecular weight excluding hydrogens is 276 g/mol. The molecule has 0 radical (unpaired) electrons. The van der Waals surface area contributed by atoms with E-state index in [2.05, 4.69) is 4.99 Å². The number of aliphatic imine (C=N–C) groups is 1. The zero-order valence-corrected chi connectivity index (χ0v) is 11.6. The van der Waals surface area contributed by atoms with Crippen LogP contribution in [-0.4, -0.2) is 23.3 Å². The molecule has 2 heterocycles. The number of guanidine groups is 1. The van der Waals surface area contributed by atoms with Crippen molar-refractivity contribution in [1.82, 2.24) is 4.90 Å². The van der Waals surface area contributed by atoms with E-state index in [4.69, 9.17) is 0 Å². The molecule has 0 saturated heterocycles. The molecule has 0 fully saturated rings. The summed E-state index contributed by atoms with van der Waals surface area (Å²) < 4.78 is 28.1. The van der Waals surface area contributed by atoms with Gasteiger partial charge in [-0.05, 0) is 43.2 Å². The topological polar surface area (TPSA) is 35.9 Å². The molecule has 0 atom stereocenters. The van der Waals surface area contributed by atoms with Gasteiger partial charge in [0, 0.05) is 6.20 Å². The van der Waals surface area contributed by atoms with Crippen molar-refractivity contribution in [2.24, 2.45) is 4.99 Å². The monoisotopic (exact) mass is 289 g/mol. The molecule has 6 heteroatoms. The SMILES string of the molecule is Cc1cc(F)c(N2C(=O)C=C(F)N3C=CCN=C32)cc1C. The first kappa shape index (κ1) is 13.5. The van der Waals surface area contributed by atoms with Crippen LogP contribution in [0.5, 0.6) is 0 Å². The molecule has 1 amide bonds. The van der Waals surface area contributed by atoms with Crippen molar-refractivity contribution in [2.45, 2.75) is 13.8 Å². The Labute approximate surface area is 120 Å². The second-order valence-corrected chi connectivity index (χ2v) is 4.92. The average Bonchev–Trinajstić information content (AvgIpc) is 2.44. The first-order valence-electron chi connectivity index (χ1n) is 6.47. The van der Waals surface area contributed by atoms with Crippen LogP contribution in [0.15, 0.2) is 41.4 Å². The number of hydrogen-bond acceptors (Lipinski definition) is 3. The molecule has 4 nitrogen and oxygen atoms in total. The summed E-state index contributed by atoms with van der Waals surface area (Å²) in [5.74, 6) is -1.85. The molecular formula is C15H13F2N3O. The van der Waals surface area contributed by atoms with Gasteiger partial charge in [0.25, 0.3) is 5.91 Å². The fourth-order valence-corrected chi connectivity index (χ4v) is 2.27. The quantitative estimate of drug-likeness (QED) is 0.745. The highest BCUT2D eigenvalue weighted by Crippen LogP contribution is 2.29. The fraction of sp³-hybridized carbons (Fsp3) is 0.200. The van der Waals surface area contributed by atoms with E-state index in [1.54, 1.807) is 19.1 Å². The molecule has 0 spiro atoms. The molecule has 0 aliphatic carbocycles. The maximum atomic E-state index is 14.2. The van der Waals surface area contributed by atoms with Gasteiger partial charge in [-0.15, -0.1) is 0 Å². The van der Waals surface area contributed by atoms with Gasteiger partial charge in [0.05, 0.1) is 18.3 Å².